The Morgan fingerprint density at radius 1 is 1.05 bits per heavy atom. The number of phenolic OH excluding ortho intramolecular Hbond substituents is 1. The summed E-state index contributed by atoms with van der Waals surface area (Å²) in [5, 5.41) is 9.84. The van der Waals surface area contributed by atoms with E-state index in [4.69, 9.17) is 9.15 Å². The highest BCUT2D eigenvalue weighted by Gasteiger charge is 2.33. The number of carbonyl (C=O) groups excluding carboxylic acids is 1. The third kappa shape index (κ3) is 1.53. The standard InChI is InChI=1S/C17H10O5/c1-21-9-3-5-10-12(7-9)16(20)17-14(10)15(19)11-4-2-8(18)6-13(11)22-17/h2-7,18H,1H3. The van der Waals surface area contributed by atoms with Crippen LogP contribution in [0, 0.1) is 0 Å². The van der Waals surface area contributed by atoms with Crippen molar-refractivity contribution in [2.45, 2.75) is 0 Å². The molecule has 0 radical (unpaired) electrons. The molecule has 4 rings (SSSR count). The number of benzene rings is 2. The summed E-state index contributed by atoms with van der Waals surface area (Å²) in [6.07, 6.45) is 0. The molecule has 2 aromatic carbocycles. The molecule has 22 heavy (non-hydrogen) atoms. The van der Waals surface area contributed by atoms with Crippen LogP contribution in [0.3, 0.4) is 0 Å². The zero-order chi connectivity index (χ0) is 15.4. The Morgan fingerprint density at radius 3 is 2.64 bits per heavy atom. The van der Waals surface area contributed by atoms with Gasteiger partial charge in [0.25, 0.3) is 0 Å². The number of hydrogen-bond donors (Lipinski definition) is 1. The van der Waals surface area contributed by atoms with Gasteiger partial charge in [0.2, 0.25) is 11.2 Å². The van der Waals surface area contributed by atoms with Gasteiger partial charge in [-0.1, -0.05) is 0 Å². The molecule has 108 valence electrons. The average molecular weight is 294 g/mol. The number of ketones is 1. The Hall–Kier alpha value is -3.08. The molecular weight excluding hydrogens is 284 g/mol. The third-order valence-electron chi connectivity index (χ3n) is 3.82. The van der Waals surface area contributed by atoms with Crippen LogP contribution in [0.5, 0.6) is 11.5 Å². The lowest BCUT2D eigenvalue weighted by Gasteiger charge is -2.03. The Bertz CT molecular complexity index is 1010. The molecule has 0 bridgehead atoms. The van der Waals surface area contributed by atoms with Crippen molar-refractivity contribution in [3.8, 4) is 22.6 Å². The molecule has 5 nitrogen and oxygen atoms in total. The van der Waals surface area contributed by atoms with Crippen LogP contribution < -0.4 is 10.2 Å². The lowest BCUT2D eigenvalue weighted by molar-refractivity contribution is 0.102. The summed E-state index contributed by atoms with van der Waals surface area (Å²) in [5.41, 5.74) is 1.10. The molecule has 0 aliphatic heterocycles. The van der Waals surface area contributed by atoms with Gasteiger partial charge in [-0.25, -0.2) is 0 Å². The molecule has 0 fully saturated rings. The van der Waals surface area contributed by atoms with Crippen molar-refractivity contribution in [2.24, 2.45) is 0 Å². The molecule has 3 aromatic rings. The van der Waals surface area contributed by atoms with E-state index in [2.05, 4.69) is 0 Å². The Labute approximate surface area is 124 Å². The molecule has 0 saturated carbocycles. The van der Waals surface area contributed by atoms with Crippen molar-refractivity contribution in [3.63, 3.8) is 0 Å². The molecule has 1 aromatic heterocycles. The number of methoxy groups -OCH3 is 1. The van der Waals surface area contributed by atoms with Crippen molar-refractivity contribution in [1.82, 2.24) is 0 Å². The van der Waals surface area contributed by atoms with Crippen LogP contribution in [0.1, 0.15) is 16.1 Å². The molecule has 0 saturated heterocycles. The SMILES string of the molecule is COc1ccc2c(c1)C(=O)c1oc3cc(O)ccc3c(=O)c1-2. The van der Waals surface area contributed by atoms with Gasteiger partial charge < -0.3 is 14.3 Å². The van der Waals surface area contributed by atoms with Gasteiger partial charge in [0.1, 0.15) is 17.1 Å². The maximum Gasteiger partial charge on any atom is 0.229 e. The lowest BCUT2D eigenvalue weighted by atomic mass is 10.0. The smallest absolute Gasteiger partial charge is 0.229 e. The van der Waals surface area contributed by atoms with E-state index >= 15 is 0 Å². The van der Waals surface area contributed by atoms with Crippen molar-refractivity contribution in [1.29, 1.82) is 0 Å². The Morgan fingerprint density at radius 2 is 1.86 bits per heavy atom. The van der Waals surface area contributed by atoms with E-state index < -0.39 is 0 Å². The minimum Gasteiger partial charge on any atom is -0.508 e. The first-order valence-electron chi connectivity index (χ1n) is 6.63. The van der Waals surface area contributed by atoms with E-state index in [9.17, 15) is 14.7 Å². The van der Waals surface area contributed by atoms with E-state index in [1.54, 1.807) is 18.2 Å². The molecule has 0 amide bonds. The number of fused-ring (bicyclic) bond motifs is 4. The van der Waals surface area contributed by atoms with Crippen LogP contribution >= 0.6 is 0 Å². The summed E-state index contributed by atoms with van der Waals surface area (Å²) >= 11 is 0. The van der Waals surface area contributed by atoms with Crippen LogP contribution in [-0.2, 0) is 0 Å². The molecule has 0 unspecified atom stereocenters. The van der Waals surface area contributed by atoms with E-state index in [1.807, 2.05) is 0 Å². The van der Waals surface area contributed by atoms with Gasteiger partial charge in [-0.3, -0.25) is 9.59 Å². The summed E-state index contributed by atoms with van der Waals surface area (Å²) < 4.78 is 10.7. The highest BCUT2D eigenvalue weighted by molar-refractivity contribution is 6.20. The monoisotopic (exact) mass is 294 g/mol. The predicted molar refractivity (Wildman–Crippen MR) is 79.6 cm³/mol. The molecule has 1 N–H and O–H groups in total. The fraction of sp³-hybridized carbons (Fsp3) is 0.0588. The van der Waals surface area contributed by atoms with Gasteiger partial charge >= 0.3 is 0 Å². The predicted octanol–water partition coefficient (Wildman–Crippen LogP) is 2.72. The number of ether oxygens (including phenoxy) is 1. The normalized spacial score (nSPS) is 12.3. The molecule has 1 aliphatic rings. The molecule has 5 heteroatoms. The number of hydrogen-bond acceptors (Lipinski definition) is 5. The summed E-state index contributed by atoms with van der Waals surface area (Å²) in [5.74, 6) is 0.160. The first kappa shape index (κ1) is 12.6. The quantitative estimate of drug-likeness (QED) is 0.584. The second kappa shape index (κ2) is 4.21. The van der Waals surface area contributed by atoms with Crippen LogP contribution in [0.15, 0.2) is 45.6 Å². The minimum atomic E-state index is -0.355. The lowest BCUT2D eigenvalue weighted by Crippen LogP contribution is -2.06. The summed E-state index contributed by atoms with van der Waals surface area (Å²) in [4.78, 5) is 25.2. The summed E-state index contributed by atoms with van der Waals surface area (Å²) in [6, 6.07) is 9.20. The maximum absolute atomic E-state index is 12.7. The molecular formula is C17H10O5. The molecule has 1 aliphatic carbocycles. The average Bonchev–Trinajstić information content (AvgIpc) is 2.80. The number of aromatic hydroxyl groups is 1. The maximum atomic E-state index is 12.7. The first-order chi connectivity index (χ1) is 10.6. The van der Waals surface area contributed by atoms with Crippen molar-refractivity contribution < 1.29 is 19.1 Å². The fourth-order valence-electron chi connectivity index (χ4n) is 2.76. The van der Waals surface area contributed by atoms with E-state index in [0.29, 0.717) is 22.3 Å². The van der Waals surface area contributed by atoms with E-state index in [1.165, 1.54) is 25.3 Å². The zero-order valence-electron chi connectivity index (χ0n) is 11.5. The number of carbonyl (C=O) groups is 1. The number of rotatable bonds is 1. The first-order valence-corrected chi connectivity index (χ1v) is 6.63. The minimum absolute atomic E-state index is 0.00588. The molecule has 1 heterocycles. The summed E-state index contributed by atoms with van der Waals surface area (Å²) in [7, 11) is 1.51. The zero-order valence-corrected chi connectivity index (χ0v) is 11.5. The van der Waals surface area contributed by atoms with Crippen LogP contribution in [0.25, 0.3) is 22.1 Å². The van der Waals surface area contributed by atoms with Crippen LogP contribution in [-0.4, -0.2) is 18.0 Å². The molecule has 0 spiro atoms. The third-order valence-corrected chi connectivity index (χ3v) is 3.82. The second-order valence-electron chi connectivity index (χ2n) is 5.06. The van der Waals surface area contributed by atoms with Crippen molar-refractivity contribution in [3.05, 3.63) is 57.9 Å². The van der Waals surface area contributed by atoms with Gasteiger partial charge in [0.15, 0.2) is 5.76 Å². The highest BCUT2D eigenvalue weighted by Crippen LogP contribution is 2.38. The second-order valence-corrected chi connectivity index (χ2v) is 5.06. The Kier molecular flexibility index (Phi) is 2.42. The van der Waals surface area contributed by atoms with Crippen molar-refractivity contribution >= 4 is 16.8 Å². The Balaban J connectivity index is 2.11. The largest absolute Gasteiger partial charge is 0.508 e. The fourth-order valence-corrected chi connectivity index (χ4v) is 2.76. The highest BCUT2D eigenvalue weighted by atomic mass is 16.5. The van der Waals surface area contributed by atoms with Gasteiger partial charge in [-0.15, -0.1) is 0 Å². The molecule has 0 atom stereocenters. The van der Waals surface area contributed by atoms with Gasteiger partial charge in [-0.2, -0.15) is 0 Å². The number of phenols is 1. The van der Waals surface area contributed by atoms with Crippen molar-refractivity contribution in [2.75, 3.05) is 7.11 Å². The van der Waals surface area contributed by atoms with Gasteiger partial charge in [0, 0.05) is 17.2 Å². The van der Waals surface area contributed by atoms with E-state index in [0.717, 1.165) is 0 Å². The van der Waals surface area contributed by atoms with Gasteiger partial charge in [0.05, 0.1) is 18.1 Å². The topological polar surface area (TPSA) is 76.7 Å². The van der Waals surface area contributed by atoms with Gasteiger partial charge in [-0.05, 0) is 30.3 Å². The summed E-state index contributed by atoms with van der Waals surface area (Å²) in [6.45, 7) is 0. The van der Waals surface area contributed by atoms with Crippen LogP contribution in [0.2, 0.25) is 0 Å². The van der Waals surface area contributed by atoms with E-state index in [-0.39, 0.29) is 33.9 Å². The van der Waals surface area contributed by atoms with Crippen LogP contribution in [0.4, 0.5) is 0 Å².